The van der Waals surface area contributed by atoms with Gasteiger partial charge in [0.05, 0.1) is 0 Å². The maximum Gasteiger partial charge on any atom is 0.514 e. The minimum Gasteiger partial charge on any atom is -0.431 e. The number of halogens is 5. The minimum absolute atomic E-state index is 0.427. The lowest BCUT2D eigenvalue weighted by atomic mass is 10.1. The lowest BCUT2D eigenvalue weighted by molar-refractivity contribution is 0.0491. The van der Waals surface area contributed by atoms with Crippen LogP contribution in [0.5, 0.6) is 5.75 Å². The Morgan fingerprint density at radius 3 is 1.91 bits per heavy atom. The van der Waals surface area contributed by atoms with Crippen molar-refractivity contribution in [2.24, 2.45) is 0 Å². The molecule has 1 rings (SSSR count). The van der Waals surface area contributed by atoms with Gasteiger partial charge < -0.3 is 9.47 Å². The number of ether oxygens (including phenoxy) is 2. The number of hydrogen-bond acceptors (Lipinski definition) is 3. The second-order valence-electron chi connectivity index (χ2n) is 4.89. The van der Waals surface area contributed by atoms with Crippen molar-refractivity contribution < 1.29 is 36.2 Å². The molecule has 0 saturated carbocycles. The van der Waals surface area contributed by atoms with Crippen LogP contribution >= 0.6 is 0 Å². The molecule has 3 nitrogen and oxygen atoms in total. The first-order chi connectivity index (χ1) is 10.8. The van der Waals surface area contributed by atoms with E-state index in [1.54, 1.807) is 6.92 Å². The van der Waals surface area contributed by atoms with Gasteiger partial charge in [-0.3, -0.25) is 0 Å². The van der Waals surface area contributed by atoms with Crippen LogP contribution in [0, 0.1) is 29.1 Å². The maximum atomic E-state index is 13.4. The number of rotatable bonds is 7. The summed E-state index contributed by atoms with van der Waals surface area (Å²) in [6, 6.07) is 0. The summed E-state index contributed by atoms with van der Waals surface area (Å²) in [4.78, 5) is 11.5. The Morgan fingerprint density at radius 2 is 1.43 bits per heavy atom. The molecule has 0 amide bonds. The molecule has 0 N–H and O–H groups in total. The molecule has 8 heteroatoms. The summed E-state index contributed by atoms with van der Waals surface area (Å²) in [6.07, 6.45) is 1.49. The first kappa shape index (κ1) is 19.2. The molecule has 1 unspecified atom stereocenters. The van der Waals surface area contributed by atoms with E-state index in [1.165, 1.54) is 0 Å². The Kier molecular flexibility index (Phi) is 7.25. The van der Waals surface area contributed by atoms with Gasteiger partial charge in [-0.25, -0.2) is 18.0 Å². The molecule has 0 radical (unpaired) electrons. The Labute approximate surface area is 130 Å². The zero-order valence-electron chi connectivity index (χ0n) is 12.7. The van der Waals surface area contributed by atoms with E-state index in [-0.39, 0.29) is 0 Å². The lowest BCUT2D eigenvalue weighted by Crippen LogP contribution is -2.21. The quantitative estimate of drug-likeness (QED) is 0.170. The van der Waals surface area contributed by atoms with Crippen LogP contribution in [0.25, 0.3) is 0 Å². The normalized spacial score (nSPS) is 12.1. The highest BCUT2D eigenvalue weighted by molar-refractivity contribution is 5.64. The number of carbonyl (C=O) groups excluding carboxylic acids is 1. The molecule has 1 aromatic rings. The number of benzene rings is 1. The molecule has 0 fully saturated rings. The van der Waals surface area contributed by atoms with Crippen LogP contribution in [0.1, 0.15) is 46.0 Å². The van der Waals surface area contributed by atoms with Crippen molar-refractivity contribution in [3.8, 4) is 5.75 Å². The van der Waals surface area contributed by atoms with Crippen LogP contribution in [0.3, 0.4) is 0 Å². The molecule has 130 valence electrons. The van der Waals surface area contributed by atoms with Gasteiger partial charge in [-0.15, -0.1) is 0 Å². The molecule has 0 saturated heterocycles. The van der Waals surface area contributed by atoms with E-state index in [0.29, 0.717) is 12.8 Å². The van der Waals surface area contributed by atoms with Crippen molar-refractivity contribution in [2.45, 2.75) is 52.1 Å². The van der Waals surface area contributed by atoms with Crippen molar-refractivity contribution in [3.63, 3.8) is 0 Å². The third-order valence-electron chi connectivity index (χ3n) is 3.20. The Morgan fingerprint density at radius 1 is 0.913 bits per heavy atom. The molecule has 1 aromatic carbocycles. The van der Waals surface area contributed by atoms with Crippen LogP contribution in [-0.2, 0) is 4.74 Å². The van der Waals surface area contributed by atoms with Gasteiger partial charge in [0, 0.05) is 0 Å². The second-order valence-corrected chi connectivity index (χ2v) is 4.89. The highest BCUT2D eigenvalue weighted by Gasteiger charge is 2.29. The van der Waals surface area contributed by atoms with Gasteiger partial charge in [0.25, 0.3) is 0 Å². The monoisotopic (exact) mass is 340 g/mol. The van der Waals surface area contributed by atoms with Crippen molar-refractivity contribution in [1.29, 1.82) is 0 Å². The molecule has 0 aliphatic heterocycles. The van der Waals surface area contributed by atoms with Crippen LogP contribution < -0.4 is 4.74 Å². The molecule has 0 aliphatic carbocycles. The average molecular weight is 340 g/mol. The summed E-state index contributed by atoms with van der Waals surface area (Å²) in [7, 11) is 0. The summed E-state index contributed by atoms with van der Waals surface area (Å²) in [6.45, 7) is 3.71. The molecule has 1 atom stereocenters. The van der Waals surface area contributed by atoms with Gasteiger partial charge in [0.1, 0.15) is 6.10 Å². The summed E-state index contributed by atoms with van der Waals surface area (Å²) >= 11 is 0. The van der Waals surface area contributed by atoms with Crippen molar-refractivity contribution >= 4 is 6.16 Å². The molecule has 0 bridgehead atoms. The van der Waals surface area contributed by atoms with E-state index in [9.17, 15) is 26.7 Å². The fourth-order valence-corrected chi connectivity index (χ4v) is 1.89. The van der Waals surface area contributed by atoms with Crippen molar-refractivity contribution in [1.82, 2.24) is 0 Å². The van der Waals surface area contributed by atoms with E-state index < -0.39 is 47.1 Å². The summed E-state index contributed by atoms with van der Waals surface area (Å²) < 4.78 is 74.6. The van der Waals surface area contributed by atoms with Crippen LogP contribution in [0.2, 0.25) is 0 Å². The number of unbranched alkanes of at least 4 members (excludes halogenated alkanes) is 2. The van der Waals surface area contributed by atoms with Crippen LogP contribution in [-0.4, -0.2) is 12.3 Å². The Bertz CT molecular complexity index is 534. The first-order valence-corrected chi connectivity index (χ1v) is 7.23. The van der Waals surface area contributed by atoms with Gasteiger partial charge in [-0.05, 0) is 19.3 Å². The van der Waals surface area contributed by atoms with E-state index in [4.69, 9.17) is 4.74 Å². The highest BCUT2D eigenvalue weighted by atomic mass is 19.2. The third kappa shape index (κ3) is 4.80. The van der Waals surface area contributed by atoms with Crippen LogP contribution in [0.15, 0.2) is 0 Å². The van der Waals surface area contributed by atoms with Gasteiger partial charge in [-0.1, -0.05) is 26.7 Å². The lowest BCUT2D eigenvalue weighted by Gasteiger charge is -2.16. The van der Waals surface area contributed by atoms with E-state index >= 15 is 0 Å². The zero-order valence-corrected chi connectivity index (χ0v) is 12.7. The summed E-state index contributed by atoms with van der Waals surface area (Å²) in [5.41, 5.74) is 0. The van der Waals surface area contributed by atoms with Gasteiger partial charge >= 0.3 is 6.16 Å². The predicted octanol–water partition coefficient (Wildman–Crippen LogP) is 5.26. The topological polar surface area (TPSA) is 35.5 Å². The van der Waals surface area contributed by atoms with E-state index in [2.05, 4.69) is 4.74 Å². The van der Waals surface area contributed by atoms with Gasteiger partial charge in [0.15, 0.2) is 0 Å². The first-order valence-electron chi connectivity index (χ1n) is 7.23. The smallest absolute Gasteiger partial charge is 0.431 e. The molecular formula is C15H17F5O3. The fourth-order valence-electron chi connectivity index (χ4n) is 1.89. The highest BCUT2D eigenvalue weighted by Crippen LogP contribution is 2.29. The predicted molar refractivity (Wildman–Crippen MR) is 71.6 cm³/mol. The second kappa shape index (κ2) is 8.69. The SMILES string of the molecule is CCCCCC(CC)OC(=O)Oc1c(F)c(F)c(F)c(F)c1F. The Balaban J connectivity index is 2.81. The van der Waals surface area contributed by atoms with Gasteiger partial charge in [0.2, 0.25) is 34.8 Å². The van der Waals surface area contributed by atoms with Crippen molar-refractivity contribution in [3.05, 3.63) is 29.1 Å². The largest absolute Gasteiger partial charge is 0.514 e. The van der Waals surface area contributed by atoms with E-state index in [1.807, 2.05) is 6.92 Å². The molecule has 0 heterocycles. The Hall–Kier alpha value is -1.86. The third-order valence-corrected chi connectivity index (χ3v) is 3.20. The number of hydrogen-bond donors (Lipinski definition) is 0. The molecule has 23 heavy (non-hydrogen) atoms. The van der Waals surface area contributed by atoms with Crippen LogP contribution in [0.4, 0.5) is 26.7 Å². The maximum absolute atomic E-state index is 13.4. The minimum atomic E-state index is -2.33. The fraction of sp³-hybridized carbons (Fsp3) is 0.533. The molecular weight excluding hydrogens is 323 g/mol. The average Bonchev–Trinajstić information content (AvgIpc) is 2.54. The molecule has 0 aromatic heterocycles. The summed E-state index contributed by atoms with van der Waals surface area (Å²) in [5, 5.41) is 0. The number of carbonyl (C=O) groups is 1. The standard InChI is InChI=1S/C15H17F5O3/c1-3-5-6-7-8(4-2)22-15(21)23-14-12(19)10(17)9(16)11(18)13(14)20/h8H,3-7H2,1-2H3. The molecule has 0 spiro atoms. The zero-order chi connectivity index (χ0) is 17.6. The van der Waals surface area contributed by atoms with Gasteiger partial charge in [-0.2, -0.15) is 8.78 Å². The molecule has 0 aliphatic rings. The summed E-state index contributed by atoms with van der Waals surface area (Å²) in [5.74, 6) is -12.8. The van der Waals surface area contributed by atoms with Crippen molar-refractivity contribution in [2.75, 3.05) is 0 Å². The van der Waals surface area contributed by atoms with E-state index in [0.717, 1.165) is 19.3 Å².